The molecule has 2 aromatic rings. The fourth-order valence-corrected chi connectivity index (χ4v) is 3.31. The second kappa shape index (κ2) is 4.30. The first-order valence-corrected chi connectivity index (χ1v) is 6.69. The lowest BCUT2D eigenvalue weighted by Gasteiger charge is -2.19. The number of benzene rings is 1. The van der Waals surface area contributed by atoms with Crippen LogP contribution < -0.4 is 0 Å². The summed E-state index contributed by atoms with van der Waals surface area (Å²) in [6.45, 7) is 2.27. The van der Waals surface area contributed by atoms with Crippen LogP contribution in [0.25, 0.3) is 10.9 Å². The van der Waals surface area contributed by atoms with Crippen molar-refractivity contribution >= 4 is 22.5 Å². The molecule has 3 rings (SSSR count). The molecule has 0 aliphatic heterocycles. The van der Waals surface area contributed by atoms with Crippen LogP contribution in [0.4, 0.5) is 0 Å². The van der Waals surface area contributed by atoms with E-state index in [1.165, 1.54) is 17.4 Å². The molecule has 1 aliphatic carbocycles. The molecule has 1 aliphatic rings. The fourth-order valence-electron chi connectivity index (χ4n) is 3.01. The first kappa shape index (κ1) is 11.0. The van der Waals surface area contributed by atoms with Crippen molar-refractivity contribution in [1.29, 1.82) is 0 Å². The molecule has 0 radical (unpaired) electrons. The molecular weight excluding hydrogens is 230 g/mol. The van der Waals surface area contributed by atoms with Crippen LogP contribution in [0.5, 0.6) is 0 Å². The molecule has 0 N–H and O–H groups in total. The molecule has 0 bridgehead atoms. The summed E-state index contributed by atoms with van der Waals surface area (Å²) in [5.41, 5.74) is 2.52. The quantitative estimate of drug-likeness (QED) is 0.681. The highest BCUT2D eigenvalue weighted by molar-refractivity contribution is 6.21. The third-order valence-corrected chi connectivity index (χ3v) is 4.65. The van der Waals surface area contributed by atoms with E-state index >= 15 is 0 Å². The van der Waals surface area contributed by atoms with E-state index in [0.29, 0.717) is 17.2 Å². The van der Waals surface area contributed by atoms with Gasteiger partial charge in [0.2, 0.25) is 0 Å². The van der Waals surface area contributed by atoms with Crippen molar-refractivity contribution in [2.24, 2.45) is 5.92 Å². The minimum absolute atomic E-state index is 0.326. The normalized spacial score (nSPS) is 28.7. The lowest BCUT2D eigenvalue weighted by molar-refractivity contribution is 0.540. The van der Waals surface area contributed by atoms with E-state index in [0.717, 1.165) is 11.9 Å². The van der Waals surface area contributed by atoms with Gasteiger partial charge in [-0.2, -0.15) is 0 Å². The summed E-state index contributed by atoms with van der Waals surface area (Å²) in [5, 5.41) is 1.62. The highest BCUT2D eigenvalue weighted by Crippen LogP contribution is 2.43. The standard InChI is InChI=1S/C15H16ClN/c1-10-11(7-8-14(10)16)12-4-2-6-15-13(12)5-3-9-17-15/h2-6,9-11,14H,7-8H2,1H3. The van der Waals surface area contributed by atoms with Gasteiger partial charge >= 0.3 is 0 Å². The third kappa shape index (κ3) is 1.83. The van der Waals surface area contributed by atoms with Crippen LogP contribution in [0.2, 0.25) is 0 Å². The average Bonchev–Trinajstić information content (AvgIpc) is 2.69. The van der Waals surface area contributed by atoms with Gasteiger partial charge < -0.3 is 0 Å². The van der Waals surface area contributed by atoms with Crippen molar-refractivity contribution in [1.82, 2.24) is 4.98 Å². The Labute approximate surface area is 107 Å². The van der Waals surface area contributed by atoms with Crippen LogP contribution in [0.3, 0.4) is 0 Å². The van der Waals surface area contributed by atoms with Crippen molar-refractivity contribution in [2.75, 3.05) is 0 Å². The molecule has 17 heavy (non-hydrogen) atoms. The molecule has 88 valence electrons. The summed E-state index contributed by atoms with van der Waals surface area (Å²) in [5.74, 6) is 1.15. The SMILES string of the molecule is CC1C(Cl)CCC1c1cccc2ncccc12. The molecule has 1 heterocycles. The Kier molecular flexibility index (Phi) is 2.79. The van der Waals surface area contributed by atoms with Crippen LogP contribution >= 0.6 is 11.6 Å². The Morgan fingerprint density at radius 1 is 1.18 bits per heavy atom. The van der Waals surface area contributed by atoms with Crippen LogP contribution in [0, 0.1) is 5.92 Å². The number of pyridine rings is 1. The number of hydrogen-bond donors (Lipinski definition) is 0. The maximum absolute atomic E-state index is 6.34. The number of aromatic nitrogens is 1. The molecule has 3 unspecified atom stereocenters. The molecule has 1 aromatic carbocycles. The third-order valence-electron chi connectivity index (χ3n) is 4.04. The van der Waals surface area contributed by atoms with Crippen LogP contribution in [-0.2, 0) is 0 Å². The lowest BCUT2D eigenvalue weighted by Crippen LogP contribution is -2.09. The zero-order valence-corrected chi connectivity index (χ0v) is 10.7. The number of halogens is 1. The van der Waals surface area contributed by atoms with Gasteiger partial charge in [0.25, 0.3) is 0 Å². The summed E-state index contributed by atoms with van der Waals surface area (Å²) in [6.07, 6.45) is 4.18. The Hall–Kier alpha value is -1.08. The predicted octanol–water partition coefficient (Wildman–Crippen LogP) is 4.36. The van der Waals surface area contributed by atoms with Crippen molar-refractivity contribution in [3.05, 3.63) is 42.1 Å². The van der Waals surface area contributed by atoms with E-state index in [1.54, 1.807) is 0 Å². The second-order valence-electron chi connectivity index (χ2n) is 4.98. The summed E-state index contributed by atoms with van der Waals surface area (Å²) in [6, 6.07) is 10.6. The lowest BCUT2D eigenvalue weighted by atomic mass is 9.88. The van der Waals surface area contributed by atoms with Crippen LogP contribution in [-0.4, -0.2) is 10.4 Å². The summed E-state index contributed by atoms with van der Waals surface area (Å²) < 4.78 is 0. The maximum Gasteiger partial charge on any atom is 0.0704 e. The van der Waals surface area contributed by atoms with E-state index in [9.17, 15) is 0 Å². The van der Waals surface area contributed by atoms with Crippen molar-refractivity contribution in [2.45, 2.75) is 31.1 Å². The maximum atomic E-state index is 6.34. The molecule has 0 saturated heterocycles. The van der Waals surface area contributed by atoms with Gasteiger partial charge in [0.1, 0.15) is 0 Å². The van der Waals surface area contributed by atoms with Gasteiger partial charge in [0, 0.05) is 17.0 Å². The number of alkyl halides is 1. The number of nitrogens with zero attached hydrogens (tertiary/aromatic N) is 1. The monoisotopic (exact) mass is 245 g/mol. The number of rotatable bonds is 1. The molecule has 3 atom stereocenters. The topological polar surface area (TPSA) is 12.9 Å². The average molecular weight is 246 g/mol. The number of fused-ring (bicyclic) bond motifs is 1. The van der Waals surface area contributed by atoms with Gasteiger partial charge in [-0.3, -0.25) is 4.98 Å². The highest BCUT2D eigenvalue weighted by atomic mass is 35.5. The Morgan fingerprint density at radius 2 is 2.06 bits per heavy atom. The van der Waals surface area contributed by atoms with E-state index in [1.807, 2.05) is 12.3 Å². The predicted molar refractivity (Wildman–Crippen MR) is 72.5 cm³/mol. The van der Waals surface area contributed by atoms with Gasteiger partial charge in [-0.25, -0.2) is 0 Å². The molecule has 0 spiro atoms. The molecule has 2 heteroatoms. The van der Waals surface area contributed by atoms with E-state index < -0.39 is 0 Å². The molecule has 1 nitrogen and oxygen atoms in total. The van der Waals surface area contributed by atoms with E-state index in [-0.39, 0.29) is 0 Å². The van der Waals surface area contributed by atoms with Crippen molar-refractivity contribution < 1.29 is 0 Å². The first-order chi connectivity index (χ1) is 8.27. The Morgan fingerprint density at radius 3 is 2.82 bits per heavy atom. The van der Waals surface area contributed by atoms with Gasteiger partial charge in [-0.15, -0.1) is 11.6 Å². The number of hydrogen-bond acceptors (Lipinski definition) is 1. The summed E-state index contributed by atoms with van der Waals surface area (Å²) >= 11 is 6.34. The molecule has 1 saturated carbocycles. The zero-order valence-electron chi connectivity index (χ0n) is 9.94. The van der Waals surface area contributed by atoms with Gasteiger partial charge in [-0.05, 0) is 42.4 Å². The first-order valence-electron chi connectivity index (χ1n) is 6.25. The Bertz CT molecular complexity index is 532. The van der Waals surface area contributed by atoms with Gasteiger partial charge in [0.05, 0.1) is 5.52 Å². The summed E-state index contributed by atoms with van der Waals surface area (Å²) in [7, 11) is 0. The Balaban J connectivity index is 2.11. The molecular formula is C15H16ClN. The highest BCUT2D eigenvalue weighted by Gasteiger charge is 2.33. The van der Waals surface area contributed by atoms with E-state index in [4.69, 9.17) is 11.6 Å². The van der Waals surface area contributed by atoms with Gasteiger partial charge in [0.15, 0.2) is 0 Å². The van der Waals surface area contributed by atoms with Crippen molar-refractivity contribution in [3.8, 4) is 0 Å². The van der Waals surface area contributed by atoms with Crippen molar-refractivity contribution in [3.63, 3.8) is 0 Å². The second-order valence-corrected chi connectivity index (χ2v) is 5.54. The van der Waals surface area contributed by atoms with E-state index in [2.05, 4.69) is 36.2 Å². The fraction of sp³-hybridized carbons (Fsp3) is 0.400. The molecule has 1 fully saturated rings. The van der Waals surface area contributed by atoms with Crippen LogP contribution in [0.15, 0.2) is 36.5 Å². The zero-order chi connectivity index (χ0) is 11.8. The summed E-state index contributed by atoms with van der Waals surface area (Å²) in [4.78, 5) is 4.42. The minimum atomic E-state index is 0.326. The minimum Gasteiger partial charge on any atom is -0.256 e. The largest absolute Gasteiger partial charge is 0.256 e. The smallest absolute Gasteiger partial charge is 0.0704 e. The molecule has 0 amide bonds. The molecule has 1 aromatic heterocycles. The van der Waals surface area contributed by atoms with Gasteiger partial charge in [-0.1, -0.05) is 25.1 Å². The van der Waals surface area contributed by atoms with Crippen LogP contribution in [0.1, 0.15) is 31.2 Å².